The van der Waals surface area contributed by atoms with Crippen LogP contribution in [0.25, 0.3) is 0 Å². The Labute approximate surface area is 312 Å². The third-order valence-electron chi connectivity index (χ3n) is 8.88. The van der Waals surface area contributed by atoms with E-state index in [2.05, 4.69) is 196 Å². The van der Waals surface area contributed by atoms with E-state index in [0.29, 0.717) is 0 Å². The van der Waals surface area contributed by atoms with Crippen LogP contribution >= 0.6 is 14.5 Å². The lowest BCUT2D eigenvalue weighted by atomic mass is 10.3. The van der Waals surface area contributed by atoms with Crippen molar-refractivity contribution in [1.82, 2.24) is 0 Å². The van der Waals surface area contributed by atoms with E-state index in [1.807, 2.05) is 0 Å². The maximum atomic E-state index is 2.32. The fraction of sp³-hybridized carbons (Fsp3) is 0.182. The normalized spacial score (nSPS) is 10.9. The van der Waals surface area contributed by atoms with Crippen LogP contribution in [0.3, 0.4) is 0 Å². The molecule has 6 rings (SSSR count). The lowest BCUT2D eigenvalue weighted by Crippen LogP contribution is -3.00. The molecule has 0 bridgehead atoms. The van der Waals surface area contributed by atoms with E-state index < -0.39 is 14.5 Å². The lowest BCUT2D eigenvalue weighted by molar-refractivity contribution is -0.00100. The molecular formula is C44H48Br2P2. The van der Waals surface area contributed by atoms with Gasteiger partial charge in [-0.2, -0.15) is 0 Å². The zero-order valence-electron chi connectivity index (χ0n) is 28.2. The van der Waals surface area contributed by atoms with Crippen molar-refractivity contribution in [3.63, 3.8) is 0 Å². The average molecular weight is 799 g/mol. The van der Waals surface area contributed by atoms with E-state index in [-0.39, 0.29) is 34.0 Å². The highest BCUT2D eigenvalue weighted by Gasteiger charge is 2.45. The van der Waals surface area contributed by atoms with Crippen molar-refractivity contribution in [1.29, 1.82) is 0 Å². The third kappa shape index (κ3) is 9.22. The van der Waals surface area contributed by atoms with Crippen molar-refractivity contribution in [3.05, 3.63) is 182 Å². The molecule has 6 aromatic carbocycles. The van der Waals surface area contributed by atoms with Crippen LogP contribution in [0.15, 0.2) is 182 Å². The van der Waals surface area contributed by atoms with Crippen LogP contribution in [-0.4, -0.2) is 12.3 Å². The molecule has 0 amide bonds. The number of hydrogen-bond acceptors (Lipinski definition) is 0. The van der Waals surface area contributed by atoms with Crippen molar-refractivity contribution >= 4 is 46.4 Å². The van der Waals surface area contributed by atoms with Crippen LogP contribution in [0.1, 0.15) is 39.5 Å². The molecule has 0 aromatic heterocycles. The highest BCUT2D eigenvalue weighted by molar-refractivity contribution is 7.96. The molecule has 4 heteroatoms. The van der Waals surface area contributed by atoms with E-state index in [4.69, 9.17) is 0 Å². The largest absolute Gasteiger partial charge is 1.00 e. The molecule has 0 aliphatic rings. The molecule has 0 radical (unpaired) electrons. The second kappa shape index (κ2) is 20.6. The molecule has 0 saturated carbocycles. The predicted octanol–water partition coefficient (Wildman–Crippen LogP) is 3.57. The summed E-state index contributed by atoms with van der Waals surface area (Å²) in [6, 6.07) is 66.8. The SMILES string of the molecule is CCCC[P+](c1ccccc1)(c1ccccc1)c1ccccc1.CCCC[P+](c1ccccc1)(c1ccccc1)c1ccccc1.[Br-].[Br-]. The molecule has 0 aliphatic carbocycles. The first kappa shape index (κ1) is 39.6. The van der Waals surface area contributed by atoms with Crippen LogP contribution in [0, 0.1) is 0 Å². The highest BCUT2D eigenvalue weighted by Crippen LogP contribution is 2.56. The van der Waals surface area contributed by atoms with E-state index in [0.717, 1.165) is 0 Å². The van der Waals surface area contributed by atoms with Gasteiger partial charge in [0, 0.05) is 0 Å². The Morgan fingerprint density at radius 2 is 0.458 bits per heavy atom. The van der Waals surface area contributed by atoms with Gasteiger partial charge in [-0.05, 0) is 85.6 Å². The van der Waals surface area contributed by atoms with Gasteiger partial charge in [-0.15, -0.1) is 0 Å². The lowest BCUT2D eigenvalue weighted by Gasteiger charge is -2.27. The third-order valence-corrected chi connectivity index (χ3v) is 17.9. The molecule has 0 N–H and O–H groups in total. The quantitative estimate of drug-likeness (QED) is 0.167. The van der Waals surface area contributed by atoms with Crippen LogP contribution in [0.4, 0.5) is 0 Å². The van der Waals surface area contributed by atoms with Crippen molar-refractivity contribution in [2.24, 2.45) is 0 Å². The minimum Gasteiger partial charge on any atom is -1.00 e. The Kier molecular flexibility index (Phi) is 17.0. The zero-order chi connectivity index (χ0) is 31.9. The van der Waals surface area contributed by atoms with Gasteiger partial charge in [-0.1, -0.05) is 136 Å². The van der Waals surface area contributed by atoms with Crippen molar-refractivity contribution in [2.75, 3.05) is 12.3 Å². The maximum absolute atomic E-state index is 2.32. The van der Waals surface area contributed by atoms with Crippen LogP contribution in [0.2, 0.25) is 0 Å². The summed E-state index contributed by atoms with van der Waals surface area (Å²) >= 11 is 0. The second-order valence-corrected chi connectivity index (χ2v) is 19.0. The van der Waals surface area contributed by atoms with Gasteiger partial charge in [-0.25, -0.2) is 0 Å². The molecule has 248 valence electrons. The van der Waals surface area contributed by atoms with E-state index in [1.54, 1.807) is 0 Å². The van der Waals surface area contributed by atoms with E-state index in [9.17, 15) is 0 Å². The van der Waals surface area contributed by atoms with Gasteiger partial charge >= 0.3 is 0 Å². The number of rotatable bonds is 12. The van der Waals surface area contributed by atoms with E-state index in [1.165, 1.54) is 69.8 Å². The monoisotopic (exact) mass is 796 g/mol. The number of benzene rings is 6. The van der Waals surface area contributed by atoms with Gasteiger partial charge in [0.1, 0.15) is 46.4 Å². The second-order valence-electron chi connectivity index (χ2n) is 11.8. The fourth-order valence-electron chi connectivity index (χ4n) is 6.55. The van der Waals surface area contributed by atoms with Crippen molar-refractivity contribution < 1.29 is 34.0 Å². The van der Waals surface area contributed by atoms with Crippen LogP contribution < -0.4 is 65.8 Å². The molecule has 0 heterocycles. The van der Waals surface area contributed by atoms with Gasteiger partial charge in [-0.3, -0.25) is 0 Å². The minimum atomic E-state index is -1.57. The molecule has 0 spiro atoms. The Hall–Kier alpha value is -2.86. The van der Waals surface area contributed by atoms with Crippen LogP contribution in [0.5, 0.6) is 0 Å². The molecule has 0 aliphatic heterocycles. The molecule has 48 heavy (non-hydrogen) atoms. The molecule has 0 unspecified atom stereocenters. The molecule has 0 atom stereocenters. The summed E-state index contributed by atoms with van der Waals surface area (Å²) in [4.78, 5) is 0. The molecule has 6 aromatic rings. The maximum Gasteiger partial charge on any atom is 0.112 e. The summed E-state index contributed by atoms with van der Waals surface area (Å²) < 4.78 is 0. The van der Waals surface area contributed by atoms with Gasteiger partial charge in [0.2, 0.25) is 0 Å². The summed E-state index contributed by atoms with van der Waals surface area (Å²) in [5, 5.41) is 8.95. The Morgan fingerprint density at radius 3 is 0.604 bits per heavy atom. The van der Waals surface area contributed by atoms with Crippen molar-refractivity contribution in [3.8, 4) is 0 Å². The first-order valence-electron chi connectivity index (χ1n) is 16.9. The summed E-state index contributed by atoms with van der Waals surface area (Å²) in [5.41, 5.74) is 0. The Bertz CT molecular complexity index is 1360. The summed E-state index contributed by atoms with van der Waals surface area (Å²) in [7, 11) is -3.14. The molecular weight excluding hydrogens is 750 g/mol. The Morgan fingerprint density at radius 1 is 0.292 bits per heavy atom. The highest BCUT2D eigenvalue weighted by atomic mass is 79.9. The fourth-order valence-corrected chi connectivity index (χ4v) is 15.6. The summed E-state index contributed by atoms with van der Waals surface area (Å²) in [5.74, 6) is 0. The zero-order valence-corrected chi connectivity index (χ0v) is 33.2. The van der Waals surface area contributed by atoms with E-state index >= 15 is 0 Å². The van der Waals surface area contributed by atoms with Gasteiger partial charge in [0.25, 0.3) is 0 Å². The smallest absolute Gasteiger partial charge is 0.112 e. The van der Waals surface area contributed by atoms with Crippen LogP contribution in [-0.2, 0) is 0 Å². The number of halogens is 2. The first-order chi connectivity index (χ1) is 22.8. The molecule has 0 fully saturated rings. The molecule has 0 nitrogen and oxygen atoms in total. The minimum absolute atomic E-state index is 0. The first-order valence-corrected chi connectivity index (χ1v) is 20.8. The molecule has 0 saturated heterocycles. The van der Waals surface area contributed by atoms with Gasteiger partial charge in [0.05, 0.1) is 12.3 Å². The summed E-state index contributed by atoms with van der Waals surface area (Å²) in [6.45, 7) is 4.57. The number of hydrogen-bond donors (Lipinski definition) is 0. The summed E-state index contributed by atoms with van der Waals surface area (Å²) in [6.07, 6.45) is 7.45. The standard InChI is InChI=1S/2C22H24P.2BrH/c2*1-2-3-19-23(20-13-7-4-8-14-20,21-15-9-5-10-16-21)22-17-11-6-12-18-22;;/h2*4-18H,2-3,19H2,1H3;2*1H/q2*+1;;/p-2. The van der Waals surface area contributed by atoms with Gasteiger partial charge in [0.15, 0.2) is 0 Å². The topological polar surface area (TPSA) is 0 Å². The van der Waals surface area contributed by atoms with Gasteiger partial charge < -0.3 is 34.0 Å². The van der Waals surface area contributed by atoms with Crippen molar-refractivity contribution in [2.45, 2.75) is 39.5 Å². The average Bonchev–Trinajstić information content (AvgIpc) is 3.15. The number of unbranched alkanes of at least 4 members (excludes halogenated alkanes) is 2. The Balaban J connectivity index is 0.000000250. The predicted molar refractivity (Wildman–Crippen MR) is 210 cm³/mol.